The number of ether oxygens (including phenoxy) is 2. The van der Waals surface area contributed by atoms with Crippen LogP contribution in [0.25, 0.3) is 11.1 Å². The van der Waals surface area contributed by atoms with E-state index in [0.29, 0.717) is 48.8 Å². The molecule has 2 aromatic rings. The number of nitrogens with one attached hydrogen (secondary N) is 1. The van der Waals surface area contributed by atoms with Gasteiger partial charge in [-0.3, -0.25) is 0 Å². The number of amides is 2. The molecule has 3 heterocycles. The number of aliphatic hydroxyl groups excluding tert-OH is 1. The molecule has 1 aromatic heterocycles. The Labute approximate surface area is 215 Å². The lowest BCUT2D eigenvalue weighted by Gasteiger charge is -2.33. The van der Waals surface area contributed by atoms with E-state index in [9.17, 15) is 22.4 Å². The minimum absolute atomic E-state index is 0.0375. The number of aliphatic hydroxyl groups is 1. The summed E-state index contributed by atoms with van der Waals surface area (Å²) in [6, 6.07) is 5.40. The number of carbonyl (C=O) groups excluding carboxylic acids is 1. The second-order valence-electron chi connectivity index (χ2n) is 8.65. The summed E-state index contributed by atoms with van der Waals surface area (Å²) >= 11 is 0.756. The first kappa shape index (κ1) is 27.3. The van der Waals surface area contributed by atoms with Crippen LogP contribution in [0.15, 0.2) is 24.3 Å². The molecule has 2 amide bonds. The molecule has 202 valence electrons. The zero-order valence-corrected chi connectivity index (χ0v) is 21.0. The summed E-state index contributed by atoms with van der Waals surface area (Å²) in [6.07, 6.45) is -4.43. The number of anilines is 2. The second-order valence-corrected chi connectivity index (χ2v) is 9.96. The van der Waals surface area contributed by atoms with E-state index in [1.54, 1.807) is 13.0 Å². The van der Waals surface area contributed by atoms with Gasteiger partial charge in [0.15, 0.2) is 0 Å². The molecule has 0 bridgehead atoms. The number of alkyl halides is 3. The van der Waals surface area contributed by atoms with Crippen LogP contribution in [0, 0.1) is 12.7 Å². The van der Waals surface area contributed by atoms with Gasteiger partial charge in [-0.15, -0.1) is 11.8 Å². The highest BCUT2D eigenvalue weighted by Crippen LogP contribution is 2.35. The summed E-state index contributed by atoms with van der Waals surface area (Å²) < 4.78 is 65.3. The van der Waals surface area contributed by atoms with Gasteiger partial charge in [0.25, 0.3) is 0 Å². The van der Waals surface area contributed by atoms with Crippen molar-refractivity contribution in [3.8, 4) is 17.0 Å². The molecule has 1 aromatic carbocycles. The topological polar surface area (TPSA) is 87.2 Å². The molecule has 0 aliphatic carbocycles. The fraction of sp³-hybridized carbons (Fsp3) is 0.500. The van der Waals surface area contributed by atoms with Crippen LogP contribution < -0.4 is 15.0 Å². The predicted molar refractivity (Wildman–Crippen MR) is 133 cm³/mol. The minimum Gasteiger partial charge on any atom is -0.475 e. The van der Waals surface area contributed by atoms with E-state index in [0.717, 1.165) is 16.7 Å². The van der Waals surface area contributed by atoms with Crippen molar-refractivity contribution in [2.45, 2.75) is 18.3 Å². The van der Waals surface area contributed by atoms with E-state index in [1.165, 1.54) is 12.1 Å². The summed E-state index contributed by atoms with van der Waals surface area (Å²) in [5.41, 5.74) is 1.66. The van der Waals surface area contributed by atoms with Crippen molar-refractivity contribution in [1.29, 1.82) is 0 Å². The highest BCUT2D eigenvalue weighted by molar-refractivity contribution is 8.00. The number of aryl methyl sites for hydroxylation is 1. The average Bonchev–Trinajstić information content (AvgIpc) is 2.89. The Morgan fingerprint density at radius 1 is 1.24 bits per heavy atom. The molecule has 2 saturated heterocycles. The Balaban J connectivity index is 1.62. The smallest absolute Gasteiger partial charge is 0.402 e. The first-order valence-electron chi connectivity index (χ1n) is 11.8. The van der Waals surface area contributed by atoms with Crippen LogP contribution in [0.5, 0.6) is 5.88 Å². The second kappa shape index (κ2) is 11.7. The Kier molecular flexibility index (Phi) is 8.65. The Morgan fingerprint density at radius 2 is 2.00 bits per heavy atom. The number of hydrogen-bond acceptors (Lipinski definition) is 7. The lowest BCUT2D eigenvalue weighted by molar-refractivity contribution is -0.131. The number of rotatable bonds is 6. The number of aromatic nitrogens is 1. The molecule has 0 radical (unpaired) electrons. The van der Waals surface area contributed by atoms with Crippen LogP contribution in [0.2, 0.25) is 0 Å². The molecule has 2 fully saturated rings. The lowest BCUT2D eigenvalue weighted by Crippen LogP contribution is -2.48. The van der Waals surface area contributed by atoms with E-state index in [2.05, 4.69) is 10.3 Å². The van der Waals surface area contributed by atoms with Gasteiger partial charge in [-0.25, -0.2) is 9.18 Å². The first-order chi connectivity index (χ1) is 17.7. The molecular weight excluding hydrogens is 516 g/mol. The van der Waals surface area contributed by atoms with Crippen LogP contribution in [-0.2, 0) is 4.74 Å². The number of urea groups is 1. The third kappa shape index (κ3) is 6.76. The van der Waals surface area contributed by atoms with Crippen molar-refractivity contribution in [2.24, 2.45) is 0 Å². The van der Waals surface area contributed by atoms with Gasteiger partial charge in [-0.05, 0) is 41.8 Å². The van der Waals surface area contributed by atoms with Gasteiger partial charge in [0.2, 0.25) is 5.88 Å². The minimum atomic E-state index is -4.43. The molecule has 37 heavy (non-hydrogen) atoms. The molecule has 1 unspecified atom stereocenters. The quantitative estimate of drug-likeness (QED) is 0.534. The largest absolute Gasteiger partial charge is 0.475 e. The van der Waals surface area contributed by atoms with Crippen molar-refractivity contribution in [2.75, 3.05) is 68.6 Å². The van der Waals surface area contributed by atoms with Gasteiger partial charge < -0.3 is 29.7 Å². The Hall–Kier alpha value is -2.77. The van der Waals surface area contributed by atoms with Crippen molar-refractivity contribution in [3.05, 3.63) is 35.6 Å². The number of pyridine rings is 1. The van der Waals surface area contributed by atoms with Gasteiger partial charge in [0, 0.05) is 38.0 Å². The maximum atomic E-state index is 14.9. The van der Waals surface area contributed by atoms with Crippen molar-refractivity contribution >= 4 is 29.3 Å². The van der Waals surface area contributed by atoms with Crippen molar-refractivity contribution in [3.63, 3.8) is 0 Å². The molecule has 0 saturated carbocycles. The predicted octanol–water partition coefficient (Wildman–Crippen LogP) is 3.92. The molecule has 8 nitrogen and oxygen atoms in total. The summed E-state index contributed by atoms with van der Waals surface area (Å²) in [4.78, 5) is 20.3. The number of nitrogens with zero attached hydrogens (tertiary/aromatic N) is 3. The van der Waals surface area contributed by atoms with E-state index in [1.807, 2.05) is 11.0 Å². The van der Waals surface area contributed by atoms with Crippen LogP contribution in [-0.4, -0.2) is 90.8 Å². The number of benzene rings is 1. The lowest BCUT2D eigenvalue weighted by atomic mass is 10.00. The summed E-state index contributed by atoms with van der Waals surface area (Å²) in [7, 11) is 0. The fourth-order valence-electron chi connectivity index (χ4n) is 4.13. The average molecular weight is 545 g/mol. The van der Waals surface area contributed by atoms with Gasteiger partial charge >= 0.3 is 12.2 Å². The fourth-order valence-corrected chi connectivity index (χ4v) is 5.22. The SMILES string of the molecule is Cc1cc(F)c(NC(=O)N2CCSC(C(F)(F)F)C2)cc1-c1cc(OCCO)nc(N2CCOCC2)c1. The number of morpholine rings is 1. The van der Waals surface area contributed by atoms with Crippen LogP contribution >= 0.6 is 11.8 Å². The molecule has 4 rings (SSSR count). The highest BCUT2D eigenvalue weighted by atomic mass is 32.2. The number of hydrogen-bond donors (Lipinski definition) is 2. The molecule has 2 aliphatic heterocycles. The number of thioether (sulfide) groups is 1. The molecule has 2 aliphatic rings. The number of carbonyl (C=O) groups is 1. The zero-order valence-electron chi connectivity index (χ0n) is 20.2. The molecule has 2 N–H and O–H groups in total. The third-order valence-electron chi connectivity index (χ3n) is 6.05. The molecule has 13 heteroatoms. The van der Waals surface area contributed by atoms with Crippen LogP contribution in [0.4, 0.5) is 33.9 Å². The molecule has 1 atom stereocenters. The van der Waals surface area contributed by atoms with Gasteiger partial charge in [-0.1, -0.05) is 0 Å². The van der Waals surface area contributed by atoms with E-state index in [4.69, 9.17) is 14.6 Å². The van der Waals surface area contributed by atoms with Crippen LogP contribution in [0.3, 0.4) is 0 Å². The van der Waals surface area contributed by atoms with E-state index < -0.39 is 29.8 Å². The summed E-state index contributed by atoms with van der Waals surface area (Å²) in [5.74, 6) is 0.322. The summed E-state index contributed by atoms with van der Waals surface area (Å²) in [5, 5.41) is 9.93. The van der Waals surface area contributed by atoms with Gasteiger partial charge in [0.1, 0.15) is 23.5 Å². The van der Waals surface area contributed by atoms with Gasteiger partial charge in [-0.2, -0.15) is 18.2 Å². The normalized spacial score (nSPS) is 18.6. The Bertz CT molecular complexity index is 1110. The highest BCUT2D eigenvalue weighted by Gasteiger charge is 2.43. The van der Waals surface area contributed by atoms with Crippen molar-refractivity contribution < 1.29 is 36.9 Å². The van der Waals surface area contributed by atoms with Crippen LogP contribution in [0.1, 0.15) is 5.56 Å². The maximum Gasteiger partial charge on any atom is 0.402 e. The molecular formula is C24H28F4N4O4S. The summed E-state index contributed by atoms with van der Waals surface area (Å²) in [6.45, 7) is 3.48. The van der Waals surface area contributed by atoms with E-state index >= 15 is 0 Å². The van der Waals surface area contributed by atoms with Gasteiger partial charge in [0.05, 0.1) is 25.5 Å². The van der Waals surface area contributed by atoms with E-state index in [-0.39, 0.29) is 37.1 Å². The third-order valence-corrected chi connectivity index (χ3v) is 7.29. The molecule has 0 spiro atoms. The zero-order chi connectivity index (χ0) is 26.6. The van der Waals surface area contributed by atoms with Crippen molar-refractivity contribution in [1.82, 2.24) is 9.88 Å². The first-order valence-corrected chi connectivity index (χ1v) is 12.8. The number of halogens is 4. The Morgan fingerprint density at radius 3 is 2.70 bits per heavy atom. The monoisotopic (exact) mass is 544 g/mol. The maximum absolute atomic E-state index is 14.9. The standard InChI is InChI=1S/C24H28F4N4O4S/c1-15-10-18(25)19(29-23(34)32-4-9-37-20(14-32)24(26,27)28)13-17(15)16-11-21(31-2-6-35-7-3-31)30-22(12-16)36-8-5-33/h10-13,20,33H,2-9,14H2,1H3,(H,29,34).